The first-order valence-electron chi connectivity index (χ1n) is 8.25. The molecule has 0 aromatic carbocycles. The van der Waals surface area contributed by atoms with Crippen LogP contribution >= 0.6 is 35.3 Å². The molecule has 1 heterocycles. The number of carbonyl (C=O) groups is 1. The molecule has 3 N–H and O–H groups in total. The van der Waals surface area contributed by atoms with E-state index in [1.54, 1.807) is 18.4 Å². The van der Waals surface area contributed by atoms with E-state index in [0.717, 1.165) is 42.5 Å². The average Bonchev–Trinajstić information content (AvgIpc) is 2.78. The van der Waals surface area contributed by atoms with E-state index in [-0.39, 0.29) is 35.8 Å². The van der Waals surface area contributed by atoms with Gasteiger partial charge in [-0.05, 0) is 33.1 Å². The lowest BCUT2D eigenvalue weighted by molar-refractivity contribution is -0.127. The summed E-state index contributed by atoms with van der Waals surface area (Å²) in [6, 6.07) is 0. The minimum atomic E-state index is 0. The van der Waals surface area contributed by atoms with Crippen LogP contribution in [-0.4, -0.2) is 37.0 Å². The zero-order chi connectivity index (χ0) is 16.7. The lowest BCUT2D eigenvalue weighted by Gasteiger charge is -2.24. The number of guanidine groups is 1. The van der Waals surface area contributed by atoms with Crippen LogP contribution in [0.3, 0.4) is 0 Å². The molecule has 1 amide bonds. The molecule has 1 fully saturated rings. The molecule has 1 aliphatic carbocycles. The summed E-state index contributed by atoms with van der Waals surface area (Å²) in [7, 11) is 1.76. The molecule has 136 valence electrons. The highest BCUT2D eigenvalue weighted by atomic mass is 127. The summed E-state index contributed by atoms with van der Waals surface area (Å²) in [4.78, 5) is 21.7. The standard InChI is InChI=1S/C16H27N5OS.HI/c1-11-12(2)23-14(21-11)10-20-16(17-3)19-9-5-8-18-15(22)13-6-4-7-13;/h13H,4-10H2,1-3H3,(H,18,22)(H2,17,19,20);1H. The van der Waals surface area contributed by atoms with Crippen LogP contribution in [0.25, 0.3) is 0 Å². The average molecular weight is 465 g/mol. The van der Waals surface area contributed by atoms with Crippen molar-refractivity contribution in [1.29, 1.82) is 0 Å². The number of nitrogens with zero attached hydrogens (tertiary/aromatic N) is 2. The molecule has 1 aliphatic rings. The third kappa shape index (κ3) is 6.54. The number of aliphatic imine (C=N–C) groups is 1. The Morgan fingerprint density at radius 2 is 1.96 bits per heavy atom. The molecule has 0 unspecified atom stereocenters. The second-order valence-electron chi connectivity index (χ2n) is 5.87. The maximum absolute atomic E-state index is 11.7. The molecule has 24 heavy (non-hydrogen) atoms. The van der Waals surface area contributed by atoms with Crippen molar-refractivity contribution in [3.8, 4) is 0 Å². The monoisotopic (exact) mass is 465 g/mol. The van der Waals surface area contributed by atoms with Crippen molar-refractivity contribution >= 4 is 47.2 Å². The van der Waals surface area contributed by atoms with Gasteiger partial charge in [0.05, 0.1) is 12.2 Å². The van der Waals surface area contributed by atoms with Crippen LogP contribution in [0.4, 0.5) is 0 Å². The smallest absolute Gasteiger partial charge is 0.223 e. The molecule has 0 radical (unpaired) electrons. The van der Waals surface area contributed by atoms with Crippen molar-refractivity contribution in [2.24, 2.45) is 10.9 Å². The van der Waals surface area contributed by atoms with Gasteiger partial charge >= 0.3 is 0 Å². The minimum Gasteiger partial charge on any atom is -0.356 e. The first kappa shape index (κ1) is 21.1. The number of hydrogen-bond acceptors (Lipinski definition) is 4. The van der Waals surface area contributed by atoms with E-state index in [1.807, 2.05) is 6.92 Å². The van der Waals surface area contributed by atoms with Crippen LogP contribution in [0.15, 0.2) is 4.99 Å². The summed E-state index contributed by atoms with van der Waals surface area (Å²) in [5.74, 6) is 1.25. The number of carbonyl (C=O) groups excluding carboxylic acids is 1. The molecule has 0 saturated heterocycles. The third-order valence-corrected chi connectivity index (χ3v) is 5.20. The van der Waals surface area contributed by atoms with Gasteiger partial charge in [-0.15, -0.1) is 35.3 Å². The van der Waals surface area contributed by atoms with Crippen molar-refractivity contribution in [1.82, 2.24) is 20.9 Å². The summed E-state index contributed by atoms with van der Waals surface area (Å²) in [5, 5.41) is 10.6. The fourth-order valence-corrected chi connectivity index (χ4v) is 3.19. The Morgan fingerprint density at radius 1 is 1.25 bits per heavy atom. The number of aryl methyl sites for hydroxylation is 2. The second kappa shape index (κ2) is 10.9. The molecule has 8 heteroatoms. The molecule has 1 aromatic heterocycles. The Morgan fingerprint density at radius 3 is 2.50 bits per heavy atom. The van der Waals surface area contributed by atoms with Crippen LogP contribution in [0.1, 0.15) is 41.3 Å². The number of rotatable bonds is 7. The van der Waals surface area contributed by atoms with E-state index in [9.17, 15) is 4.79 Å². The number of nitrogens with one attached hydrogen (secondary N) is 3. The fourth-order valence-electron chi connectivity index (χ4n) is 2.32. The van der Waals surface area contributed by atoms with E-state index < -0.39 is 0 Å². The molecule has 0 bridgehead atoms. The highest BCUT2D eigenvalue weighted by molar-refractivity contribution is 14.0. The van der Waals surface area contributed by atoms with Gasteiger partial charge in [0.2, 0.25) is 5.91 Å². The largest absolute Gasteiger partial charge is 0.356 e. The maximum Gasteiger partial charge on any atom is 0.223 e. The first-order valence-corrected chi connectivity index (χ1v) is 9.07. The van der Waals surface area contributed by atoms with Gasteiger partial charge in [-0.25, -0.2) is 4.98 Å². The van der Waals surface area contributed by atoms with Gasteiger partial charge < -0.3 is 16.0 Å². The van der Waals surface area contributed by atoms with Gasteiger partial charge in [0.15, 0.2) is 5.96 Å². The second-order valence-corrected chi connectivity index (χ2v) is 7.16. The first-order chi connectivity index (χ1) is 11.1. The molecule has 6 nitrogen and oxygen atoms in total. The normalized spacial score (nSPS) is 14.5. The Labute approximate surface area is 165 Å². The van der Waals surface area contributed by atoms with Crippen molar-refractivity contribution in [3.63, 3.8) is 0 Å². The summed E-state index contributed by atoms with van der Waals surface area (Å²) >= 11 is 1.71. The van der Waals surface area contributed by atoms with Crippen molar-refractivity contribution < 1.29 is 4.79 Å². The number of hydrogen-bond donors (Lipinski definition) is 3. The summed E-state index contributed by atoms with van der Waals surface area (Å²) in [5.41, 5.74) is 1.09. The molecule has 2 rings (SSSR count). The number of thiazole rings is 1. The van der Waals surface area contributed by atoms with Crippen LogP contribution < -0.4 is 16.0 Å². The van der Waals surface area contributed by atoms with Crippen LogP contribution in [0.2, 0.25) is 0 Å². The summed E-state index contributed by atoms with van der Waals surface area (Å²) in [6.07, 6.45) is 4.18. The molecular weight excluding hydrogens is 437 g/mol. The SMILES string of the molecule is CN=C(NCCCNC(=O)C1CCC1)NCc1nc(C)c(C)s1.I. The number of halogens is 1. The molecule has 1 aromatic rings. The molecule has 0 aliphatic heterocycles. The molecule has 1 saturated carbocycles. The van der Waals surface area contributed by atoms with Crippen LogP contribution in [0, 0.1) is 19.8 Å². The third-order valence-electron chi connectivity index (χ3n) is 4.12. The zero-order valence-electron chi connectivity index (χ0n) is 14.6. The van der Waals surface area contributed by atoms with Gasteiger partial charge in [0, 0.05) is 30.9 Å². The van der Waals surface area contributed by atoms with E-state index in [2.05, 4.69) is 32.9 Å². The van der Waals surface area contributed by atoms with E-state index >= 15 is 0 Å². The van der Waals surface area contributed by atoms with E-state index in [1.165, 1.54) is 11.3 Å². The van der Waals surface area contributed by atoms with Crippen molar-refractivity contribution in [2.45, 2.75) is 46.1 Å². The van der Waals surface area contributed by atoms with Gasteiger partial charge in [0.1, 0.15) is 5.01 Å². The van der Waals surface area contributed by atoms with Gasteiger partial charge in [-0.2, -0.15) is 0 Å². The van der Waals surface area contributed by atoms with E-state index in [0.29, 0.717) is 13.1 Å². The quantitative estimate of drug-likeness (QED) is 0.250. The van der Waals surface area contributed by atoms with Crippen molar-refractivity contribution in [2.75, 3.05) is 20.1 Å². The molecule has 0 spiro atoms. The maximum atomic E-state index is 11.7. The minimum absolute atomic E-state index is 0. The zero-order valence-corrected chi connectivity index (χ0v) is 17.8. The van der Waals surface area contributed by atoms with Crippen LogP contribution in [-0.2, 0) is 11.3 Å². The predicted molar refractivity (Wildman–Crippen MR) is 110 cm³/mol. The fraction of sp³-hybridized carbons (Fsp3) is 0.688. The number of amides is 1. The topological polar surface area (TPSA) is 78.4 Å². The summed E-state index contributed by atoms with van der Waals surface area (Å²) in [6.45, 7) is 6.28. The summed E-state index contributed by atoms with van der Waals surface area (Å²) < 4.78 is 0. The van der Waals surface area contributed by atoms with E-state index in [4.69, 9.17) is 0 Å². The highest BCUT2D eigenvalue weighted by Crippen LogP contribution is 2.25. The molecule has 0 atom stereocenters. The van der Waals surface area contributed by atoms with Gasteiger partial charge in [0.25, 0.3) is 0 Å². The predicted octanol–water partition coefficient (Wildman–Crippen LogP) is 2.35. The Hall–Kier alpha value is -0.900. The lowest BCUT2D eigenvalue weighted by Crippen LogP contribution is -2.39. The highest BCUT2D eigenvalue weighted by Gasteiger charge is 2.24. The van der Waals surface area contributed by atoms with Crippen molar-refractivity contribution in [3.05, 3.63) is 15.6 Å². The Bertz CT molecular complexity index is 537. The Balaban J connectivity index is 0.00000288. The number of aromatic nitrogens is 1. The van der Waals surface area contributed by atoms with Gasteiger partial charge in [-0.3, -0.25) is 9.79 Å². The Kier molecular flexibility index (Phi) is 9.57. The molecular formula is C16H28IN5OS. The van der Waals surface area contributed by atoms with Gasteiger partial charge in [-0.1, -0.05) is 6.42 Å². The lowest BCUT2D eigenvalue weighted by atomic mass is 9.85. The van der Waals surface area contributed by atoms with Crippen LogP contribution in [0.5, 0.6) is 0 Å².